The van der Waals surface area contributed by atoms with E-state index < -0.39 is 8.07 Å². The fourth-order valence-electron chi connectivity index (χ4n) is 4.07. The van der Waals surface area contributed by atoms with E-state index in [2.05, 4.69) is 76.8 Å². The Morgan fingerprint density at radius 1 is 0.778 bits per heavy atom. The second-order valence-electron chi connectivity index (χ2n) is 8.66. The van der Waals surface area contributed by atoms with E-state index in [1.807, 2.05) is 12.4 Å². The van der Waals surface area contributed by atoms with Gasteiger partial charge in [-0.05, 0) is 49.0 Å². The molecule has 0 bridgehead atoms. The average Bonchev–Trinajstić information content (AvgIpc) is 2.59. The molecular weight excluding hydrogens is 344 g/mol. The van der Waals surface area contributed by atoms with Gasteiger partial charge in [0, 0.05) is 28.7 Å². The van der Waals surface area contributed by atoms with Crippen molar-refractivity contribution in [2.24, 2.45) is 0 Å². The zero-order valence-electron chi connectivity index (χ0n) is 17.0. The predicted octanol–water partition coefficient (Wildman–Crippen LogP) is 5.92. The van der Waals surface area contributed by atoms with Gasteiger partial charge in [0.1, 0.15) is 0 Å². The van der Waals surface area contributed by atoms with E-state index in [0.29, 0.717) is 0 Å². The molecular formula is C24H26N2Si. The first kappa shape index (κ1) is 17.9. The minimum absolute atomic E-state index is 1.02. The summed E-state index contributed by atoms with van der Waals surface area (Å²) in [7, 11) is -1.47. The highest BCUT2D eigenvalue weighted by atomic mass is 28.3. The van der Waals surface area contributed by atoms with E-state index in [1.165, 1.54) is 38.2 Å². The summed E-state index contributed by atoms with van der Waals surface area (Å²) in [4.78, 5) is 9.75. The van der Waals surface area contributed by atoms with E-state index >= 15 is 0 Å². The van der Waals surface area contributed by atoms with E-state index in [9.17, 15) is 0 Å². The molecule has 0 amide bonds. The molecule has 4 aromatic rings. The lowest BCUT2D eigenvalue weighted by molar-refractivity contribution is 1.29. The maximum Gasteiger partial charge on any atom is 0.0804 e. The number of para-hydroxylation sites is 1. The van der Waals surface area contributed by atoms with Crippen LogP contribution in [0.5, 0.6) is 0 Å². The summed E-state index contributed by atoms with van der Waals surface area (Å²) in [6.45, 7) is 13.6. The van der Waals surface area contributed by atoms with Crippen molar-refractivity contribution in [1.29, 1.82) is 0 Å². The van der Waals surface area contributed by atoms with Crippen molar-refractivity contribution in [3.8, 4) is 11.3 Å². The summed E-state index contributed by atoms with van der Waals surface area (Å²) in [6.07, 6.45) is 4.05. The average molecular weight is 371 g/mol. The van der Waals surface area contributed by atoms with Gasteiger partial charge in [-0.2, -0.15) is 0 Å². The molecule has 0 aliphatic heterocycles. The fourth-order valence-corrected chi connectivity index (χ4v) is 5.58. The van der Waals surface area contributed by atoms with Crippen LogP contribution in [0.4, 0.5) is 0 Å². The van der Waals surface area contributed by atoms with Crippen LogP contribution >= 0.6 is 0 Å². The molecule has 0 aliphatic carbocycles. The highest BCUT2D eigenvalue weighted by Gasteiger charge is 2.21. The maximum atomic E-state index is 4.94. The smallest absolute Gasteiger partial charge is 0.0804 e. The Morgan fingerprint density at radius 2 is 1.48 bits per heavy atom. The molecule has 2 aromatic carbocycles. The molecule has 0 saturated carbocycles. The Morgan fingerprint density at radius 3 is 2.15 bits per heavy atom. The lowest BCUT2D eigenvalue weighted by atomic mass is 9.97. The zero-order chi connectivity index (χ0) is 19.3. The van der Waals surface area contributed by atoms with Crippen LogP contribution in [0.3, 0.4) is 0 Å². The van der Waals surface area contributed by atoms with E-state index in [-0.39, 0.29) is 0 Å². The SMILES string of the molecule is Cc1cc(C)cc(-c2ncc(C)c3c2cnc2c([Si](C)(C)C)cccc23)c1. The number of pyridine rings is 2. The molecule has 0 N–H and O–H groups in total. The van der Waals surface area contributed by atoms with Gasteiger partial charge < -0.3 is 0 Å². The van der Waals surface area contributed by atoms with Crippen LogP contribution < -0.4 is 5.19 Å². The second-order valence-corrected chi connectivity index (χ2v) is 13.7. The molecule has 0 spiro atoms. The molecule has 136 valence electrons. The summed E-state index contributed by atoms with van der Waals surface area (Å²) in [5.41, 5.74) is 7.07. The first-order chi connectivity index (χ1) is 12.8. The number of hydrogen-bond acceptors (Lipinski definition) is 2. The highest BCUT2D eigenvalue weighted by Crippen LogP contribution is 2.33. The third-order valence-electron chi connectivity index (χ3n) is 5.24. The Kier molecular flexibility index (Phi) is 4.15. The lowest BCUT2D eigenvalue weighted by Gasteiger charge is -2.20. The van der Waals surface area contributed by atoms with Crippen molar-refractivity contribution in [2.45, 2.75) is 40.4 Å². The van der Waals surface area contributed by atoms with Gasteiger partial charge >= 0.3 is 0 Å². The number of aryl methyl sites for hydroxylation is 3. The molecule has 0 saturated heterocycles. The molecule has 3 heteroatoms. The number of benzene rings is 2. The van der Waals surface area contributed by atoms with Gasteiger partial charge in [0.2, 0.25) is 0 Å². The minimum Gasteiger partial charge on any atom is -0.256 e. The van der Waals surface area contributed by atoms with Crippen molar-refractivity contribution in [3.63, 3.8) is 0 Å². The Bertz CT molecular complexity index is 1170. The fraction of sp³-hybridized carbons (Fsp3) is 0.250. The summed E-state index contributed by atoms with van der Waals surface area (Å²) in [5, 5.41) is 5.09. The molecule has 27 heavy (non-hydrogen) atoms. The quantitative estimate of drug-likeness (QED) is 0.323. The zero-order valence-corrected chi connectivity index (χ0v) is 18.0. The number of hydrogen-bond donors (Lipinski definition) is 0. The third kappa shape index (κ3) is 3.06. The van der Waals surface area contributed by atoms with Crippen LogP contribution in [0.1, 0.15) is 16.7 Å². The molecule has 4 rings (SSSR count). The normalized spacial score (nSPS) is 12.1. The largest absolute Gasteiger partial charge is 0.256 e. The first-order valence-electron chi connectivity index (χ1n) is 9.52. The highest BCUT2D eigenvalue weighted by molar-refractivity contribution is 6.90. The maximum absolute atomic E-state index is 4.94. The number of fused-ring (bicyclic) bond motifs is 3. The van der Waals surface area contributed by atoms with Gasteiger partial charge in [0.25, 0.3) is 0 Å². The Labute approximate surface area is 162 Å². The molecule has 0 fully saturated rings. The van der Waals surface area contributed by atoms with Gasteiger partial charge in [-0.3, -0.25) is 9.97 Å². The Hall–Kier alpha value is -2.52. The summed E-state index contributed by atoms with van der Waals surface area (Å²) in [6, 6.07) is 13.3. The van der Waals surface area contributed by atoms with Gasteiger partial charge in [0.15, 0.2) is 0 Å². The molecule has 2 aromatic heterocycles. The van der Waals surface area contributed by atoms with Crippen LogP contribution in [0, 0.1) is 20.8 Å². The molecule has 0 radical (unpaired) electrons. The van der Waals surface area contributed by atoms with E-state index in [4.69, 9.17) is 9.97 Å². The second kappa shape index (κ2) is 6.27. The van der Waals surface area contributed by atoms with Crippen molar-refractivity contribution in [3.05, 3.63) is 65.5 Å². The van der Waals surface area contributed by atoms with Crippen LogP contribution in [-0.4, -0.2) is 18.0 Å². The van der Waals surface area contributed by atoms with Crippen molar-refractivity contribution in [2.75, 3.05) is 0 Å². The van der Waals surface area contributed by atoms with Crippen LogP contribution in [0.2, 0.25) is 19.6 Å². The number of nitrogens with zero attached hydrogens (tertiary/aromatic N) is 2. The first-order valence-corrected chi connectivity index (χ1v) is 13.0. The van der Waals surface area contributed by atoms with Gasteiger partial charge in [-0.15, -0.1) is 0 Å². The Balaban J connectivity index is 2.11. The standard InChI is InChI=1S/C24H26N2Si/c1-15-10-16(2)12-18(11-15)23-20-14-26-24-19(22(20)17(3)13-25-23)8-7-9-21(24)27(4,5)6/h7-14H,1-6H3. The van der Waals surface area contributed by atoms with Crippen LogP contribution in [0.15, 0.2) is 48.8 Å². The molecule has 2 heterocycles. The minimum atomic E-state index is -1.47. The van der Waals surface area contributed by atoms with Gasteiger partial charge in [-0.1, -0.05) is 55.0 Å². The molecule has 2 nitrogen and oxygen atoms in total. The van der Waals surface area contributed by atoms with Crippen molar-refractivity contribution >= 4 is 34.9 Å². The summed E-state index contributed by atoms with van der Waals surface area (Å²) in [5.74, 6) is 0. The predicted molar refractivity (Wildman–Crippen MR) is 120 cm³/mol. The lowest BCUT2D eigenvalue weighted by Crippen LogP contribution is -2.38. The van der Waals surface area contributed by atoms with Crippen LogP contribution in [0.25, 0.3) is 32.9 Å². The van der Waals surface area contributed by atoms with Crippen molar-refractivity contribution < 1.29 is 0 Å². The summed E-state index contributed by atoms with van der Waals surface area (Å²) >= 11 is 0. The topological polar surface area (TPSA) is 25.8 Å². The summed E-state index contributed by atoms with van der Waals surface area (Å²) < 4.78 is 0. The molecule has 0 aliphatic rings. The number of aromatic nitrogens is 2. The monoisotopic (exact) mass is 370 g/mol. The molecule has 0 atom stereocenters. The van der Waals surface area contributed by atoms with Gasteiger partial charge in [-0.25, -0.2) is 0 Å². The van der Waals surface area contributed by atoms with Crippen molar-refractivity contribution in [1.82, 2.24) is 9.97 Å². The van der Waals surface area contributed by atoms with Crippen LogP contribution in [-0.2, 0) is 0 Å². The van der Waals surface area contributed by atoms with E-state index in [1.54, 1.807) is 0 Å². The molecule has 0 unspecified atom stereocenters. The van der Waals surface area contributed by atoms with Gasteiger partial charge in [0.05, 0.1) is 19.3 Å². The third-order valence-corrected chi connectivity index (χ3v) is 7.26. The van der Waals surface area contributed by atoms with E-state index in [0.717, 1.165) is 16.6 Å². The number of rotatable bonds is 2.